The van der Waals surface area contributed by atoms with Crippen molar-refractivity contribution in [2.24, 2.45) is 0 Å². The van der Waals surface area contributed by atoms with Crippen molar-refractivity contribution in [3.05, 3.63) is 107 Å². The standard InChI is InChI=1S/C27H24ClN3O3/c28-21-12-10-20(11-13-21)24-18-30-26(34-24)15-14-25(32)31-23-9-5-4-8-22(23)27(33)29-17-16-19-6-2-1-3-7-19/h1-13,18H,14-17H2,(H,29,33)(H,31,32). The molecule has 4 rings (SSSR count). The maximum absolute atomic E-state index is 12.7. The summed E-state index contributed by atoms with van der Waals surface area (Å²) < 4.78 is 5.75. The quantitative estimate of drug-likeness (QED) is 0.334. The molecule has 0 bridgehead atoms. The van der Waals surface area contributed by atoms with E-state index in [1.54, 1.807) is 42.6 Å². The molecule has 0 aliphatic rings. The number of carbonyl (C=O) groups excluding carboxylic acids is 2. The van der Waals surface area contributed by atoms with Crippen molar-refractivity contribution in [3.63, 3.8) is 0 Å². The number of carbonyl (C=O) groups is 2. The Balaban J connectivity index is 1.30. The molecule has 6 nitrogen and oxygen atoms in total. The van der Waals surface area contributed by atoms with Crippen LogP contribution in [0.5, 0.6) is 0 Å². The smallest absolute Gasteiger partial charge is 0.253 e. The fourth-order valence-corrected chi connectivity index (χ4v) is 3.58. The summed E-state index contributed by atoms with van der Waals surface area (Å²) in [6, 6.07) is 24.2. The van der Waals surface area contributed by atoms with Crippen molar-refractivity contribution >= 4 is 29.1 Å². The number of aryl methyl sites for hydroxylation is 1. The number of hydrogen-bond acceptors (Lipinski definition) is 4. The summed E-state index contributed by atoms with van der Waals surface area (Å²) in [5.41, 5.74) is 2.90. The lowest BCUT2D eigenvalue weighted by atomic mass is 10.1. The largest absolute Gasteiger partial charge is 0.441 e. The van der Waals surface area contributed by atoms with E-state index in [1.165, 1.54) is 0 Å². The number of benzene rings is 3. The van der Waals surface area contributed by atoms with E-state index in [1.807, 2.05) is 42.5 Å². The van der Waals surface area contributed by atoms with Gasteiger partial charge < -0.3 is 15.1 Å². The van der Waals surface area contributed by atoms with Crippen molar-refractivity contribution in [1.29, 1.82) is 0 Å². The average molecular weight is 474 g/mol. The van der Waals surface area contributed by atoms with Crippen LogP contribution in [0.1, 0.15) is 28.2 Å². The van der Waals surface area contributed by atoms with Gasteiger partial charge in [0.15, 0.2) is 11.7 Å². The van der Waals surface area contributed by atoms with Gasteiger partial charge in [0.05, 0.1) is 17.4 Å². The van der Waals surface area contributed by atoms with Crippen molar-refractivity contribution in [3.8, 4) is 11.3 Å². The Morgan fingerprint density at radius 3 is 2.41 bits per heavy atom. The van der Waals surface area contributed by atoms with Crippen LogP contribution < -0.4 is 10.6 Å². The van der Waals surface area contributed by atoms with Crippen molar-refractivity contribution in [1.82, 2.24) is 10.3 Å². The molecule has 0 aliphatic heterocycles. The molecule has 3 aromatic carbocycles. The van der Waals surface area contributed by atoms with Gasteiger partial charge in [-0.15, -0.1) is 0 Å². The van der Waals surface area contributed by atoms with Gasteiger partial charge >= 0.3 is 0 Å². The minimum Gasteiger partial charge on any atom is -0.441 e. The lowest BCUT2D eigenvalue weighted by molar-refractivity contribution is -0.116. The zero-order valence-corrected chi connectivity index (χ0v) is 19.2. The van der Waals surface area contributed by atoms with E-state index in [9.17, 15) is 9.59 Å². The van der Waals surface area contributed by atoms with Gasteiger partial charge in [-0.1, -0.05) is 54.1 Å². The van der Waals surface area contributed by atoms with Crippen molar-refractivity contribution in [2.75, 3.05) is 11.9 Å². The first kappa shape index (κ1) is 23.3. The van der Waals surface area contributed by atoms with E-state index in [-0.39, 0.29) is 18.2 Å². The summed E-state index contributed by atoms with van der Waals surface area (Å²) in [4.78, 5) is 29.5. The lowest BCUT2D eigenvalue weighted by Crippen LogP contribution is -2.27. The van der Waals surface area contributed by atoms with E-state index in [4.69, 9.17) is 16.0 Å². The highest BCUT2D eigenvalue weighted by Crippen LogP contribution is 2.23. The minimum atomic E-state index is -0.230. The Kier molecular flexibility index (Phi) is 7.73. The predicted octanol–water partition coefficient (Wildman–Crippen LogP) is 5.54. The lowest BCUT2D eigenvalue weighted by Gasteiger charge is -2.11. The molecule has 4 aromatic rings. The molecule has 1 heterocycles. The topological polar surface area (TPSA) is 84.2 Å². The van der Waals surface area contributed by atoms with E-state index in [0.717, 1.165) is 17.5 Å². The third-order valence-electron chi connectivity index (χ3n) is 5.24. The fourth-order valence-electron chi connectivity index (χ4n) is 3.46. The van der Waals surface area contributed by atoms with Crippen LogP contribution in [0.25, 0.3) is 11.3 Å². The maximum Gasteiger partial charge on any atom is 0.253 e. The number of aromatic nitrogens is 1. The number of nitrogens with one attached hydrogen (secondary N) is 2. The molecule has 0 spiro atoms. The molecule has 7 heteroatoms. The third kappa shape index (κ3) is 6.33. The predicted molar refractivity (Wildman–Crippen MR) is 133 cm³/mol. The highest BCUT2D eigenvalue weighted by molar-refractivity contribution is 6.30. The number of anilines is 1. The second kappa shape index (κ2) is 11.3. The Bertz CT molecular complexity index is 1250. The molecular formula is C27H24ClN3O3. The highest BCUT2D eigenvalue weighted by atomic mass is 35.5. The zero-order valence-electron chi connectivity index (χ0n) is 18.5. The van der Waals surface area contributed by atoms with Gasteiger partial charge in [0.2, 0.25) is 5.91 Å². The van der Waals surface area contributed by atoms with Crippen LogP contribution in [0.2, 0.25) is 5.02 Å². The van der Waals surface area contributed by atoms with Gasteiger partial charge in [-0.25, -0.2) is 4.98 Å². The summed E-state index contributed by atoms with van der Waals surface area (Å²) in [7, 11) is 0. The van der Waals surface area contributed by atoms with E-state index in [0.29, 0.717) is 40.9 Å². The maximum atomic E-state index is 12.7. The Hall–Kier alpha value is -3.90. The molecule has 0 radical (unpaired) electrons. The van der Waals surface area contributed by atoms with Crippen LogP contribution in [0, 0.1) is 0 Å². The van der Waals surface area contributed by atoms with Crippen LogP contribution in [0.4, 0.5) is 5.69 Å². The first-order chi connectivity index (χ1) is 16.6. The molecule has 0 saturated heterocycles. The van der Waals surface area contributed by atoms with Gasteiger partial charge in [0.25, 0.3) is 5.91 Å². The molecular weight excluding hydrogens is 450 g/mol. The summed E-state index contributed by atoms with van der Waals surface area (Å²) in [5.74, 6) is 0.625. The van der Waals surface area contributed by atoms with E-state index >= 15 is 0 Å². The Morgan fingerprint density at radius 2 is 1.62 bits per heavy atom. The van der Waals surface area contributed by atoms with Gasteiger partial charge in [0.1, 0.15) is 0 Å². The molecule has 172 valence electrons. The highest BCUT2D eigenvalue weighted by Gasteiger charge is 2.14. The number of oxazole rings is 1. The molecule has 0 saturated carbocycles. The van der Waals surface area contributed by atoms with Crippen LogP contribution in [0.15, 0.2) is 89.5 Å². The molecule has 2 N–H and O–H groups in total. The summed E-state index contributed by atoms with van der Waals surface area (Å²) >= 11 is 5.92. The second-order valence-corrected chi connectivity index (χ2v) is 8.15. The van der Waals surface area contributed by atoms with Gasteiger partial charge in [-0.3, -0.25) is 9.59 Å². The molecule has 34 heavy (non-hydrogen) atoms. The van der Waals surface area contributed by atoms with Crippen LogP contribution >= 0.6 is 11.6 Å². The van der Waals surface area contributed by atoms with E-state index in [2.05, 4.69) is 15.6 Å². The monoisotopic (exact) mass is 473 g/mol. The number of rotatable bonds is 9. The molecule has 2 amide bonds. The summed E-state index contributed by atoms with van der Waals surface area (Å²) in [6.07, 6.45) is 2.87. The second-order valence-electron chi connectivity index (χ2n) is 7.71. The first-order valence-corrected chi connectivity index (χ1v) is 11.4. The fraction of sp³-hybridized carbons (Fsp3) is 0.148. The number of amides is 2. The SMILES string of the molecule is O=C(CCc1ncc(-c2ccc(Cl)cc2)o1)Nc1ccccc1C(=O)NCCc1ccccc1. The third-order valence-corrected chi connectivity index (χ3v) is 5.49. The summed E-state index contributed by atoms with van der Waals surface area (Å²) in [6.45, 7) is 0.505. The summed E-state index contributed by atoms with van der Waals surface area (Å²) in [5, 5.41) is 6.39. The average Bonchev–Trinajstić information content (AvgIpc) is 3.33. The number of hydrogen-bond donors (Lipinski definition) is 2. The molecule has 0 atom stereocenters. The van der Waals surface area contributed by atoms with Crippen LogP contribution in [0.3, 0.4) is 0 Å². The molecule has 0 unspecified atom stereocenters. The Morgan fingerprint density at radius 1 is 0.882 bits per heavy atom. The first-order valence-electron chi connectivity index (χ1n) is 11.0. The number of nitrogens with zero attached hydrogens (tertiary/aromatic N) is 1. The van der Waals surface area contributed by atoms with Gasteiger partial charge in [0, 0.05) is 30.0 Å². The Labute approximate surface area is 203 Å². The molecule has 0 fully saturated rings. The number of halogens is 1. The molecule has 1 aromatic heterocycles. The van der Waals surface area contributed by atoms with E-state index < -0.39 is 0 Å². The normalized spacial score (nSPS) is 10.6. The molecule has 0 aliphatic carbocycles. The minimum absolute atomic E-state index is 0.171. The van der Waals surface area contributed by atoms with Crippen LogP contribution in [-0.4, -0.2) is 23.3 Å². The van der Waals surface area contributed by atoms with Gasteiger partial charge in [-0.2, -0.15) is 0 Å². The number of para-hydroxylation sites is 1. The van der Waals surface area contributed by atoms with Crippen molar-refractivity contribution < 1.29 is 14.0 Å². The van der Waals surface area contributed by atoms with Crippen LogP contribution in [-0.2, 0) is 17.6 Å². The van der Waals surface area contributed by atoms with Crippen molar-refractivity contribution in [2.45, 2.75) is 19.3 Å². The zero-order chi connectivity index (χ0) is 23.8. The van der Waals surface area contributed by atoms with Gasteiger partial charge in [-0.05, 0) is 48.4 Å².